The van der Waals surface area contributed by atoms with Crippen LogP contribution in [-0.4, -0.2) is 9.59 Å². The highest BCUT2D eigenvalue weighted by Crippen LogP contribution is 2.22. The van der Waals surface area contributed by atoms with Gasteiger partial charge in [0.25, 0.3) is 0 Å². The lowest BCUT2D eigenvalue weighted by Gasteiger charge is -1.96. The van der Waals surface area contributed by atoms with E-state index in [9.17, 15) is 0 Å². The van der Waals surface area contributed by atoms with Crippen molar-refractivity contribution < 1.29 is 0 Å². The van der Waals surface area contributed by atoms with Crippen LogP contribution in [0, 0.1) is 0 Å². The van der Waals surface area contributed by atoms with Gasteiger partial charge in [0.1, 0.15) is 0 Å². The smallest absolute Gasteiger partial charge is 0.162 e. The molecule has 1 aromatic heterocycles. The molecule has 0 spiro atoms. The number of hydrogen-bond acceptors (Lipinski definition) is 4. The molecule has 50 valence electrons. The Labute approximate surface area is 58.1 Å². The second kappa shape index (κ2) is 2.31. The highest BCUT2D eigenvalue weighted by molar-refractivity contribution is 7.06. The second-order valence-corrected chi connectivity index (χ2v) is 2.96. The Bertz CT molecular complexity index is 194. The van der Waals surface area contributed by atoms with Crippen molar-refractivity contribution in [2.75, 3.05) is 5.73 Å². The van der Waals surface area contributed by atoms with Gasteiger partial charge in [-0.25, -0.2) is 0 Å². The van der Waals surface area contributed by atoms with E-state index in [1.165, 1.54) is 11.5 Å². The van der Waals surface area contributed by atoms with Gasteiger partial charge in [-0.2, -0.15) is 0 Å². The van der Waals surface area contributed by atoms with Gasteiger partial charge in [0, 0.05) is 0 Å². The van der Waals surface area contributed by atoms with Crippen LogP contribution in [0.2, 0.25) is 0 Å². The number of nitrogens with zero attached hydrogens (tertiary/aromatic N) is 2. The third-order valence-electron chi connectivity index (χ3n) is 1.06. The molecule has 0 fully saturated rings. The zero-order valence-corrected chi connectivity index (χ0v) is 6.27. The van der Waals surface area contributed by atoms with Gasteiger partial charge in [0.2, 0.25) is 0 Å². The van der Waals surface area contributed by atoms with Crippen LogP contribution in [0.25, 0.3) is 0 Å². The summed E-state index contributed by atoms with van der Waals surface area (Å²) < 4.78 is 3.71. The molecular weight excluding hydrogens is 134 g/mol. The number of rotatable bonds is 1. The Kier molecular flexibility index (Phi) is 1.66. The van der Waals surface area contributed by atoms with Gasteiger partial charge in [-0.15, -0.1) is 5.10 Å². The Morgan fingerprint density at radius 2 is 2.22 bits per heavy atom. The Morgan fingerprint density at radius 1 is 1.56 bits per heavy atom. The monoisotopic (exact) mass is 143 g/mol. The molecule has 0 aliphatic carbocycles. The molecule has 0 bridgehead atoms. The maximum Gasteiger partial charge on any atom is 0.162 e. The van der Waals surface area contributed by atoms with Gasteiger partial charge in [-0.1, -0.05) is 18.3 Å². The van der Waals surface area contributed by atoms with Crippen LogP contribution < -0.4 is 5.73 Å². The normalized spacial score (nSPS) is 10.6. The molecule has 0 amide bonds. The molecule has 2 N–H and O–H groups in total. The van der Waals surface area contributed by atoms with Crippen molar-refractivity contribution >= 4 is 17.4 Å². The van der Waals surface area contributed by atoms with Gasteiger partial charge in [0.05, 0.1) is 4.88 Å². The quantitative estimate of drug-likeness (QED) is 0.643. The van der Waals surface area contributed by atoms with E-state index in [2.05, 4.69) is 23.4 Å². The van der Waals surface area contributed by atoms with Crippen LogP contribution >= 0.6 is 11.5 Å². The van der Waals surface area contributed by atoms with Crippen molar-refractivity contribution in [1.29, 1.82) is 0 Å². The average Bonchev–Trinajstić information content (AvgIpc) is 2.13. The Hall–Kier alpha value is -0.640. The van der Waals surface area contributed by atoms with E-state index >= 15 is 0 Å². The summed E-state index contributed by atoms with van der Waals surface area (Å²) >= 11 is 1.37. The summed E-state index contributed by atoms with van der Waals surface area (Å²) in [6.45, 7) is 4.15. The Morgan fingerprint density at radius 3 is 2.44 bits per heavy atom. The van der Waals surface area contributed by atoms with Gasteiger partial charge in [-0.3, -0.25) is 0 Å². The Balaban J connectivity index is 2.94. The van der Waals surface area contributed by atoms with Crippen molar-refractivity contribution in [3.8, 4) is 0 Å². The minimum absolute atomic E-state index is 0.449. The molecule has 0 saturated heterocycles. The van der Waals surface area contributed by atoms with Crippen molar-refractivity contribution in [2.45, 2.75) is 19.8 Å². The minimum Gasteiger partial charge on any atom is -0.381 e. The standard InChI is InChI=1S/C5H9N3S/c1-3(2)4-5(6)7-8-9-4/h3H,6H2,1-2H3. The molecule has 1 heterocycles. The molecule has 4 heteroatoms. The molecule has 0 saturated carbocycles. The number of nitrogen functional groups attached to an aromatic ring is 1. The predicted octanol–water partition coefficient (Wildman–Crippen LogP) is 1.24. The molecule has 0 aromatic carbocycles. The lowest BCUT2D eigenvalue weighted by Crippen LogP contribution is -1.91. The molecule has 3 nitrogen and oxygen atoms in total. The SMILES string of the molecule is CC(C)c1snnc1N. The lowest BCUT2D eigenvalue weighted by atomic mass is 10.2. The molecule has 9 heavy (non-hydrogen) atoms. The second-order valence-electron chi connectivity index (χ2n) is 2.18. The van der Waals surface area contributed by atoms with E-state index in [0.29, 0.717) is 11.7 Å². The van der Waals surface area contributed by atoms with Crippen LogP contribution in [-0.2, 0) is 0 Å². The minimum atomic E-state index is 0.449. The summed E-state index contributed by atoms with van der Waals surface area (Å²) in [6.07, 6.45) is 0. The fraction of sp³-hybridized carbons (Fsp3) is 0.600. The lowest BCUT2D eigenvalue weighted by molar-refractivity contribution is 0.888. The molecule has 0 aliphatic rings. The molecular formula is C5H9N3S. The maximum atomic E-state index is 5.48. The van der Waals surface area contributed by atoms with E-state index in [4.69, 9.17) is 5.73 Å². The van der Waals surface area contributed by atoms with Crippen molar-refractivity contribution in [3.05, 3.63) is 4.88 Å². The number of anilines is 1. The maximum absolute atomic E-state index is 5.48. The molecule has 0 aliphatic heterocycles. The molecule has 0 atom stereocenters. The number of hydrogen-bond donors (Lipinski definition) is 1. The van der Waals surface area contributed by atoms with Gasteiger partial charge in [0.15, 0.2) is 5.82 Å². The summed E-state index contributed by atoms with van der Waals surface area (Å²) in [7, 11) is 0. The van der Waals surface area contributed by atoms with Crippen molar-refractivity contribution in [2.24, 2.45) is 0 Å². The summed E-state index contributed by atoms with van der Waals surface area (Å²) in [6, 6.07) is 0. The zero-order chi connectivity index (χ0) is 6.85. The van der Waals surface area contributed by atoms with E-state index < -0.39 is 0 Å². The van der Waals surface area contributed by atoms with Gasteiger partial charge >= 0.3 is 0 Å². The van der Waals surface area contributed by atoms with Crippen molar-refractivity contribution in [3.63, 3.8) is 0 Å². The largest absolute Gasteiger partial charge is 0.381 e. The molecule has 0 radical (unpaired) electrons. The number of nitrogens with two attached hydrogens (primary N) is 1. The van der Waals surface area contributed by atoms with Crippen LogP contribution in [0.5, 0.6) is 0 Å². The third kappa shape index (κ3) is 1.18. The van der Waals surface area contributed by atoms with E-state index in [1.807, 2.05) is 0 Å². The van der Waals surface area contributed by atoms with Crippen LogP contribution in [0.3, 0.4) is 0 Å². The fourth-order valence-electron chi connectivity index (χ4n) is 0.606. The molecule has 1 rings (SSSR count). The fourth-order valence-corrected chi connectivity index (χ4v) is 1.17. The molecule has 1 aromatic rings. The van der Waals surface area contributed by atoms with Gasteiger partial charge in [-0.05, 0) is 17.5 Å². The first-order valence-corrected chi connectivity index (χ1v) is 3.57. The van der Waals surface area contributed by atoms with Gasteiger partial charge < -0.3 is 5.73 Å². The highest BCUT2D eigenvalue weighted by atomic mass is 32.1. The van der Waals surface area contributed by atoms with Crippen molar-refractivity contribution in [1.82, 2.24) is 9.59 Å². The summed E-state index contributed by atoms with van der Waals surface area (Å²) in [5.41, 5.74) is 5.48. The summed E-state index contributed by atoms with van der Waals surface area (Å²) in [5, 5.41) is 3.68. The molecule has 0 unspecified atom stereocenters. The van der Waals surface area contributed by atoms with E-state index in [1.54, 1.807) is 0 Å². The number of aromatic nitrogens is 2. The first kappa shape index (κ1) is 6.48. The highest BCUT2D eigenvalue weighted by Gasteiger charge is 2.06. The van der Waals surface area contributed by atoms with Crippen LogP contribution in [0.4, 0.5) is 5.82 Å². The van der Waals surface area contributed by atoms with E-state index in [-0.39, 0.29) is 0 Å². The van der Waals surface area contributed by atoms with E-state index in [0.717, 1.165) is 4.88 Å². The summed E-state index contributed by atoms with van der Waals surface area (Å²) in [5.74, 6) is 1.03. The first-order chi connectivity index (χ1) is 4.22. The summed E-state index contributed by atoms with van der Waals surface area (Å²) in [4.78, 5) is 1.08. The first-order valence-electron chi connectivity index (χ1n) is 2.79. The third-order valence-corrected chi connectivity index (χ3v) is 2.11. The van der Waals surface area contributed by atoms with Crippen LogP contribution in [0.15, 0.2) is 0 Å². The van der Waals surface area contributed by atoms with Crippen LogP contribution in [0.1, 0.15) is 24.6 Å². The predicted molar refractivity (Wildman–Crippen MR) is 38.4 cm³/mol. The average molecular weight is 143 g/mol. The topological polar surface area (TPSA) is 51.8 Å². The zero-order valence-electron chi connectivity index (χ0n) is 5.46.